The highest BCUT2D eigenvalue weighted by Crippen LogP contribution is 2.28. The van der Waals surface area contributed by atoms with E-state index in [1.807, 2.05) is 24.3 Å². The molecular weight excluding hydrogens is 382 g/mol. The van der Waals surface area contributed by atoms with Gasteiger partial charge < -0.3 is 20.1 Å². The molecule has 0 aliphatic heterocycles. The monoisotopic (exact) mass is 415 g/mol. The zero-order valence-corrected chi connectivity index (χ0v) is 17.8. The molecule has 0 saturated heterocycles. The van der Waals surface area contributed by atoms with Crippen LogP contribution in [0.5, 0.6) is 0 Å². The lowest BCUT2D eigenvalue weighted by Crippen LogP contribution is -2.23. The molecule has 3 N–H and O–H groups in total. The second-order valence-electron chi connectivity index (χ2n) is 7.54. The van der Waals surface area contributed by atoms with E-state index in [1.165, 1.54) is 13.2 Å². The van der Waals surface area contributed by atoms with E-state index < -0.39 is 18.3 Å². The number of fused-ring (bicyclic) bond motifs is 1. The summed E-state index contributed by atoms with van der Waals surface area (Å²) >= 11 is 0. The molecule has 6 nitrogen and oxygen atoms in total. The highest BCUT2D eigenvalue weighted by Gasteiger charge is 2.16. The van der Waals surface area contributed by atoms with Gasteiger partial charge in [-0.15, -0.1) is 0 Å². The molecule has 0 aliphatic rings. The van der Waals surface area contributed by atoms with Gasteiger partial charge in [0.1, 0.15) is 0 Å². The standard InChI is InChI=1S/C24H33NO5/c1-3-4-5-11-22(28)24-19-10-7-6-9-18(19)17(16-25-24)14-15-21(27)20(26)12-8-13-23(29)30-2/h6-7,9-10,14-16,20-22,26-28H,3-5,8,11-13H2,1-2H3/b15-14+/t20-,21+,22+/m0/s1. The van der Waals surface area contributed by atoms with Gasteiger partial charge in [0.15, 0.2) is 0 Å². The van der Waals surface area contributed by atoms with Crippen LogP contribution >= 0.6 is 0 Å². The molecule has 3 atom stereocenters. The van der Waals surface area contributed by atoms with Crippen LogP contribution in [0.4, 0.5) is 0 Å². The summed E-state index contributed by atoms with van der Waals surface area (Å²) in [5, 5.41) is 32.7. The summed E-state index contributed by atoms with van der Waals surface area (Å²) in [5.74, 6) is -0.332. The number of aliphatic hydroxyl groups excluding tert-OH is 3. The minimum atomic E-state index is -1.05. The summed E-state index contributed by atoms with van der Waals surface area (Å²) in [6, 6.07) is 7.74. The molecule has 0 fully saturated rings. The Morgan fingerprint density at radius 2 is 1.83 bits per heavy atom. The Labute approximate surface area is 178 Å². The van der Waals surface area contributed by atoms with Gasteiger partial charge in [-0.1, -0.05) is 62.6 Å². The number of pyridine rings is 1. The van der Waals surface area contributed by atoms with Crippen molar-refractivity contribution in [1.82, 2.24) is 4.98 Å². The summed E-state index contributed by atoms with van der Waals surface area (Å²) in [4.78, 5) is 15.6. The number of aliphatic hydroxyl groups is 3. The van der Waals surface area contributed by atoms with Crippen LogP contribution < -0.4 is 0 Å². The summed E-state index contributed by atoms with van der Waals surface area (Å²) in [7, 11) is 1.32. The molecule has 1 heterocycles. The number of hydrogen-bond donors (Lipinski definition) is 3. The van der Waals surface area contributed by atoms with Crippen LogP contribution in [0.25, 0.3) is 16.8 Å². The van der Waals surface area contributed by atoms with Crippen LogP contribution in [0.3, 0.4) is 0 Å². The quantitative estimate of drug-likeness (QED) is 0.359. The van der Waals surface area contributed by atoms with Crippen LogP contribution in [-0.2, 0) is 9.53 Å². The number of hydrogen-bond acceptors (Lipinski definition) is 6. The molecule has 0 spiro atoms. The number of unbranched alkanes of at least 4 members (excludes halogenated alkanes) is 2. The highest BCUT2D eigenvalue weighted by molar-refractivity contribution is 5.92. The van der Waals surface area contributed by atoms with Gasteiger partial charge in [0.25, 0.3) is 0 Å². The van der Waals surface area contributed by atoms with Crippen molar-refractivity contribution in [2.75, 3.05) is 7.11 Å². The lowest BCUT2D eigenvalue weighted by atomic mass is 9.99. The minimum absolute atomic E-state index is 0.209. The average Bonchev–Trinajstić information content (AvgIpc) is 2.76. The molecule has 1 aromatic carbocycles. The van der Waals surface area contributed by atoms with Crippen molar-refractivity contribution in [3.8, 4) is 0 Å². The summed E-state index contributed by atoms with van der Waals surface area (Å²) in [6.45, 7) is 2.13. The summed E-state index contributed by atoms with van der Waals surface area (Å²) < 4.78 is 4.57. The maximum Gasteiger partial charge on any atom is 0.305 e. The maximum absolute atomic E-state index is 11.1. The zero-order valence-electron chi connectivity index (χ0n) is 17.8. The van der Waals surface area contributed by atoms with Crippen molar-refractivity contribution in [2.45, 2.75) is 70.2 Å². The lowest BCUT2D eigenvalue weighted by Gasteiger charge is -2.15. The summed E-state index contributed by atoms with van der Waals surface area (Å²) in [5.41, 5.74) is 1.47. The molecule has 2 rings (SSSR count). The Kier molecular flexibility index (Phi) is 9.94. The predicted octanol–water partition coefficient (Wildman–Crippen LogP) is 3.93. The lowest BCUT2D eigenvalue weighted by molar-refractivity contribution is -0.140. The van der Waals surface area contributed by atoms with E-state index in [2.05, 4.69) is 16.6 Å². The van der Waals surface area contributed by atoms with Crippen LogP contribution in [0.2, 0.25) is 0 Å². The van der Waals surface area contributed by atoms with Crippen molar-refractivity contribution in [1.29, 1.82) is 0 Å². The van der Waals surface area contributed by atoms with Crippen molar-refractivity contribution in [2.24, 2.45) is 0 Å². The SMILES string of the molecule is CCCCC[C@@H](O)c1ncc(/C=C/[C@@H](O)[C@@H](O)CCCC(=O)OC)c2ccccc12. The first kappa shape index (κ1) is 24.0. The number of benzene rings is 1. The van der Waals surface area contributed by atoms with E-state index in [0.717, 1.165) is 35.6 Å². The molecule has 164 valence electrons. The molecule has 0 saturated carbocycles. The minimum Gasteiger partial charge on any atom is -0.469 e. The first-order chi connectivity index (χ1) is 14.5. The molecule has 0 amide bonds. The van der Waals surface area contributed by atoms with Gasteiger partial charge >= 0.3 is 5.97 Å². The Bertz CT molecular complexity index is 835. The maximum atomic E-state index is 11.1. The van der Waals surface area contributed by atoms with Crippen LogP contribution in [0.15, 0.2) is 36.5 Å². The third-order valence-electron chi connectivity index (χ3n) is 5.23. The van der Waals surface area contributed by atoms with Gasteiger partial charge in [-0.2, -0.15) is 0 Å². The van der Waals surface area contributed by atoms with Gasteiger partial charge in [-0.05, 0) is 24.6 Å². The van der Waals surface area contributed by atoms with Crippen LogP contribution in [0, 0.1) is 0 Å². The van der Waals surface area contributed by atoms with Crippen molar-refractivity contribution in [3.63, 3.8) is 0 Å². The van der Waals surface area contributed by atoms with Gasteiger partial charge in [0, 0.05) is 23.6 Å². The zero-order chi connectivity index (χ0) is 21.9. The molecule has 1 aromatic heterocycles. The number of carbonyl (C=O) groups excluding carboxylic acids is 1. The Morgan fingerprint density at radius 1 is 1.10 bits per heavy atom. The first-order valence-corrected chi connectivity index (χ1v) is 10.6. The molecule has 2 aromatic rings. The molecule has 0 unspecified atom stereocenters. The number of aromatic nitrogens is 1. The Hall–Kier alpha value is -2.28. The first-order valence-electron chi connectivity index (χ1n) is 10.6. The molecule has 30 heavy (non-hydrogen) atoms. The predicted molar refractivity (Wildman–Crippen MR) is 118 cm³/mol. The highest BCUT2D eigenvalue weighted by atomic mass is 16.5. The molecule has 0 aliphatic carbocycles. The third-order valence-corrected chi connectivity index (χ3v) is 5.23. The number of ether oxygens (including phenoxy) is 1. The van der Waals surface area contributed by atoms with Crippen molar-refractivity contribution in [3.05, 3.63) is 47.8 Å². The molecule has 0 radical (unpaired) electrons. The molecule has 6 heteroatoms. The number of rotatable bonds is 12. The Morgan fingerprint density at radius 3 is 2.53 bits per heavy atom. The largest absolute Gasteiger partial charge is 0.469 e. The van der Waals surface area contributed by atoms with E-state index in [1.54, 1.807) is 12.3 Å². The van der Waals surface area contributed by atoms with E-state index in [4.69, 9.17) is 0 Å². The third kappa shape index (κ3) is 6.90. The Balaban J connectivity index is 2.10. The van der Waals surface area contributed by atoms with Gasteiger partial charge in [-0.3, -0.25) is 9.78 Å². The summed E-state index contributed by atoms with van der Waals surface area (Å²) in [6.07, 6.45) is 7.07. The van der Waals surface area contributed by atoms with Crippen molar-refractivity contribution < 1.29 is 24.9 Å². The fourth-order valence-electron chi connectivity index (χ4n) is 3.42. The van der Waals surface area contributed by atoms with Gasteiger partial charge in [0.05, 0.1) is 31.1 Å². The van der Waals surface area contributed by atoms with E-state index in [9.17, 15) is 20.1 Å². The topological polar surface area (TPSA) is 99.9 Å². The second kappa shape index (κ2) is 12.4. The van der Waals surface area contributed by atoms with Gasteiger partial charge in [-0.25, -0.2) is 0 Å². The number of esters is 1. The number of nitrogens with zero attached hydrogens (tertiary/aromatic N) is 1. The van der Waals surface area contributed by atoms with E-state index >= 15 is 0 Å². The fraction of sp³-hybridized carbons (Fsp3) is 0.500. The van der Waals surface area contributed by atoms with E-state index in [0.29, 0.717) is 25.0 Å². The van der Waals surface area contributed by atoms with Gasteiger partial charge in [0.2, 0.25) is 0 Å². The number of methoxy groups -OCH3 is 1. The van der Waals surface area contributed by atoms with Crippen LogP contribution in [-0.4, -0.2) is 45.6 Å². The normalized spacial score (nSPS) is 14.7. The average molecular weight is 416 g/mol. The van der Waals surface area contributed by atoms with Crippen molar-refractivity contribution >= 4 is 22.8 Å². The smallest absolute Gasteiger partial charge is 0.305 e. The molecular formula is C24H33NO5. The molecule has 0 bridgehead atoms. The van der Waals surface area contributed by atoms with Crippen LogP contribution in [0.1, 0.15) is 69.2 Å². The second-order valence-corrected chi connectivity index (χ2v) is 7.54. The van der Waals surface area contributed by atoms with E-state index in [-0.39, 0.29) is 12.4 Å². The fourth-order valence-corrected chi connectivity index (χ4v) is 3.42. The number of carbonyl (C=O) groups is 1.